The Balaban J connectivity index is 1.17. The lowest BCUT2D eigenvalue weighted by Gasteiger charge is -2.32. The highest BCUT2D eigenvalue weighted by Crippen LogP contribution is 2.24. The van der Waals surface area contributed by atoms with E-state index in [-0.39, 0.29) is 12.0 Å². The largest absolute Gasteiger partial charge is 0.490 e. The van der Waals surface area contributed by atoms with Crippen molar-refractivity contribution in [2.24, 2.45) is 0 Å². The van der Waals surface area contributed by atoms with Gasteiger partial charge in [0.25, 0.3) is 5.91 Å². The molecular formula is C23H26ClN5O2. The van der Waals surface area contributed by atoms with Crippen LogP contribution < -0.4 is 10.1 Å². The van der Waals surface area contributed by atoms with Crippen molar-refractivity contribution in [1.82, 2.24) is 25.0 Å². The number of nitrogens with one attached hydrogen (secondary N) is 1. The molecule has 31 heavy (non-hydrogen) atoms. The van der Waals surface area contributed by atoms with Gasteiger partial charge in [-0.05, 0) is 61.7 Å². The zero-order chi connectivity index (χ0) is 21.6. The molecule has 3 heterocycles. The second-order valence-electron chi connectivity index (χ2n) is 7.68. The number of ether oxygens (including phenoxy) is 1. The molecule has 1 N–H and O–H groups in total. The minimum absolute atomic E-state index is 0.115. The second-order valence-corrected chi connectivity index (χ2v) is 8.09. The molecule has 1 aliphatic heterocycles. The molecule has 0 radical (unpaired) electrons. The van der Waals surface area contributed by atoms with Crippen molar-refractivity contribution < 1.29 is 9.53 Å². The zero-order valence-corrected chi connectivity index (χ0v) is 18.3. The fraction of sp³-hybridized carbons (Fsp3) is 0.348. The number of aromatic nitrogens is 3. The molecule has 8 heteroatoms. The molecule has 3 aromatic rings. The van der Waals surface area contributed by atoms with Crippen LogP contribution in [0.1, 0.15) is 28.8 Å². The summed E-state index contributed by atoms with van der Waals surface area (Å²) in [6.45, 7) is 5.30. The van der Waals surface area contributed by atoms with E-state index in [0.29, 0.717) is 17.9 Å². The number of nitrogens with zero attached hydrogens (tertiary/aromatic N) is 4. The number of amides is 1. The SMILES string of the molecule is Cc1cc(OC2CCN(CCNC(=O)c3ccc(-n4cccn4)nc3)CC2)ccc1Cl. The van der Waals surface area contributed by atoms with Crippen molar-refractivity contribution >= 4 is 17.5 Å². The second kappa shape index (κ2) is 9.94. The Labute approximate surface area is 187 Å². The van der Waals surface area contributed by atoms with E-state index in [2.05, 4.69) is 20.3 Å². The van der Waals surface area contributed by atoms with Crippen molar-refractivity contribution in [2.75, 3.05) is 26.2 Å². The maximum atomic E-state index is 12.4. The van der Waals surface area contributed by atoms with Crippen LogP contribution >= 0.6 is 11.6 Å². The van der Waals surface area contributed by atoms with E-state index < -0.39 is 0 Å². The number of aryl methyl sites for hydroxylation is 1. The molecule has 0 unspecified atom stereocenters. The minimum atomic E-state index is -0.115. The summed E-state index contributed by atoms with van der Waals surface area (Å²) in [6, 6.07) is 11.2. The van der Waals surface area contributed by atoms with Gasteiger partial charge in [0.05, 0.1) is 5.56 Å². The highest BCUT2D eigenvalue weighted by Gasteiger charge is 2.20. The molecule has 0 atom stereocenters. The predicted octanol–water partition coefficient (Wildman–Crippen LogP) is 3.50. The molecule has 4 rings (SSSR count). The summed E-state index contributed by atoms with van der Waals surface area (Å²) in [7, 11) is 0. The molecule has 7 nitrogen and oxygen atoms in total. The molecule has 0 aliphatic carbocycles. The van der Waals surface area contributed by atoms with Gasteiger partial charge >= 0.3 is 0 Å². The molecule has 0 saturated carbocycles. The van der Waals surface area contributed by atoms with Crippen molar-refractivity contribution in [3.8, 4) is 11.6 Å². The lowest BCUT2D eigenvalue weighted by Crippen LogP contribution is -2.42. The zero-order valence-electron chi connectivity index (χ0n) is 17.5. The molecule has 0 spiro atoms. The minimum Gasteiger partial charge on any atom is -0.490 e. The van der Waals surface area contributed by atoms with E-state index in [9.17, 15) is 4.79 Å². The standard InChI is InChI=1S/C23H26ClN5O2/c1-17-15-20(4-5-21(17)24)31-19-7-12-28(13-8-19)14-10-25-23(30)18-3-6-22(26-16-18)29-11-2-9-27-29/h2-6,9,11,15-16,19H,7-8,10,12-14H2,1H3,(H,25,30). The van der Waals surface area contributed by atoms with Crippen LogP contribution in [0, 0.1) is 6.92 Å². The fourth-order valence-corrected chi connectivity index (χ4v) is 3.74. The first-order valence-corrected chi connectivity index (χ1v) is 10.9. The van der Waals surface area contributed by atoms with Crippen LogP contribution in [-0.4, -0.2) is 57.9 Å². The van der Waals surface area contributed by atoms with E-state index in [1.807, 2.05) is 37.4 Å². The van der Waals surface area contributed by atoms with Crippen LogP contribution in [0.25, 0.3) is 5.82 Å². The van der Waals surface area contributed by atoms with Gasteiger partial charge in [0, 0.05) is 49.8 Å². The Morgan fingerprint density at radius 2 is 2.10 bits per heavy atom. The van der Waals surface area contributed by atoms with Gasteiger partial charge in [-0.25, -0.2) is 9.67 Å². The summed E-state index contributed by atoms with van der Waals surface area (Å²) in [5.74, 6) is 1.44. The third-order valence-electron chi connectivity index (χ3n) is 5.43. The van der Waals surface area contributed by atoms with Gasteiger partial charge in [-0.2, -0.15) is 5.10 Å². The molecule has 1 aromatic carbocycles. The number of halogens is 1. The Kier molecular flexibility index (Phi) is 6.84. The highest BCUT2D eigenvalue weighted by molar-refractivity contribution is 6.31. The van der Waals surface area contributed by atoms with E-state index >= 15 is 0 Å². The van der Waals surface area contributed by atoms with Crippen molar-refractivity contribution in [1.29, 1.82) is 0 Å². The topological polar surface area (TPSA) is 72.3 Å². The molecule has 2 aromatic heterocycles. The first-order valence-electron chi connectivity index (χ1n) is 10.5. The molecule has 1 fully saturated rings. The normalized spacial score (nSPS) is 15.0. The number of likely N-dealkylation sites (tertiary alicyclic amines) is 1. The predicted molar refractivity (Wildman–Crippen MR) is 120 cm³/mol. The maximum Gasteiger partial charge on any atom is 0.252 e. The molecule has 1 saturated heterocycles. The van der Waals surface area contributed by atoms with Gasteiger partial charge in [0.2, 0.25) is 0 Å². The summed E-state index contributed by atoms with van der Waals surface area (Å²) >= 11 is 6.08. The van der Waals surface area contributed by atoms with Gasteiger partial charge in [-0.3, -0.25) is 4.79 Å². The summed E-state index contributed by atoms with van der Waals surface area (Å²) in [5.41, 5.74) is 1.57. The summed E-state index contributed by atoms with van der Waals surface area (Å²) < 4.78 is 7.76. The van der Waals surface area contributed by atoms with Crippen LogP contribution in [0.5, 0.6) is 5.75 Å². The fourth-order valence-electron chi connectivity index (χ4n) is 3.62. The number of rotatable bonds is 7. The van der Waals surface area contributed by atoms with Gasteiger partial charge in [0.15, 0.2) is 5.82 Å². The first-order chi connectivity index (χ1) is 15.1. The maximum absolute atomic E-state index is 12.4. The smallest absolute Gasteiger partial charge is 0.252 e. The van der Waals surface area contributed by atoms with Crippen molar-refractivity contribution in [3.63, 3.8) is 0 Å². The van der Waals surface area contributed by atoms with E-state index in [1.165, 1.54) is 0 Å². The molecule has 1 aliphatic rings. The average Bonchev–Trinajstić information content (AvgIpc) is 3.33. The summed E-state index contributed by atoms with van der Waals surface area (Å²) in [5, 5.41) is 7.87. The third-order valence-corrected chi connectivity index (χ3v) is 5.85. The first kappa shape index (κ1) is 21.3. The van der Waals surface area contributed by atoms with Gasteiger partial charge < -0.3 is 15.0 Å². The number of hydrogen-bond acceptors (Lipinski definition) is 5. The molecule has 1 amide bonds. The van der Waals surface area contributed by atoms with Crippen LogP contribution in [0.2, 0.25) is 5.02 Å². The lowest BCUT2D eigenvalue weighted by molar-refractivity contribution is 0.0905. The van der Waals surface area contributed by atoms with E-state index in [1.54, 1.807) is 29.2 Å². The molecule has 162 valence electrons. The Bertz CT molecular complexity index is 999. The average molecular weight is 440 g/mol. The Morgan fingerprint density at radius 1 is 1.26 bits per heavy atom. The third kappa shape index (κ3) is 5.62. The summed E-state index contributed by atoms with van der Waals surface area (Å²) in [4.78, 5) is 19.0. The number of piperidine rings is 1. The number of pyridine rings is 1. The molecule has 0 bridgehead atoms. The quantitative estimate of drug-likeness (QED) is 0.610. The molecular weight excluding hydrogens is 414 g/mol. The Hall–Kier alpha value is -2.90. The van der Waals surface area contributed by atoms with Gasteiger partial charge in [0.1, 0.15) is 11.9 Å². The summed E-state index contributed by atoms with van der Waals surface area (Å²) in [6.07, 6.45) is 7.23. The highest BCUT2D eigenvalue weighted by atomic mass is 35.5. The van der Waals surface area contributed by atoms with Crippen LogP contribution in [0.4, 0.5) is 0 Å². The number of carbonyl (C=O) groups is 1. The van der Waals surface area contributed by atoms with Crippen LogP contribution in [0.3, 0.4) is 0 Å². The van der Waals surface area contributed by atoms with Gasteiger partial charge in [-0.15, -0.1) is 0 Å². The number of benzene rings is 1. The lowest BCUT2D eigenvalue weighted by atomic mass is 10.1. The van der Waals surface area contributed by atoms with Gasteiger partial charge in [-0.1, -0.05) is 11.6 Å². The van der Waals surface area contributed by atoms with E-state index in [4.69, 9.17) is 16.3 Å². The van der Waals surface area contributed by atoms with E-state index in [0.717, 1.165) is 48.8 Å². The monoisotopic (exact) mass is 439 g/mol. The number of carbonyl (C=O) groups excluding carboxylic acids is 1. The van der Waals surface area contributed by atoms with Crippen LogP contribution in [-0.2, 0) is 0 Å². The Morgan fingerprint density at radius 3 is 2.77 bits per heavy atom. The van der Waals surface area contributed by atoms with Crippen molar-refractivity contribution in [2.45, 2.75) is 25.9 Å². The number of hydrogen-bond donors (Lipinski definition) is 1. The van der Waals surface area contributed by atoms with Crippen LogP contribution in [0.15, 0.2) is 55.0 Å². The van der Waals surface area contributed by atoms with Crippen molar-refractivity contribution in [3.05, 3.63) is 71.1 Å².